The van der Waals surface area contributed by atoms with Gasteiger partial charge in [0.05, 0.1) is 0 Å². The van der Waals surface area contributed by atoms with E-state index >= 15 is 0 Å². The van der Waals surface area contributed by atoms with Crippen LogP contribution in [0, 0.1) is 0 Å². The third kappa shape index (κ3) is 4.56. The van der Waals surface area contributed by atoms with Crippen LogP contribution in [-0.2, 0) is 20.4 Å². The summed E-state index contributed by atoms with van der Waals surface area (Å²) in [6, 6.07) is 0. The minimum atomic E-state index is -1.86. The van der Waals surface area contributed by atoms with E-state index in [4.69, 9.17) is 0 Å². The second kappa shape index (κ2) is 5.33. The van der Waals surface area contributed by atoms with E-state index in [0.717, 1.165) is 26.5 Å². The van der Waals surface area contributed by atoms with Crippen LogP contribution in [0.3, 0.4) is 0 Å². The van der Waals surface area contributed by atoms with Crippen molar-refractivity contribution in [2.24, 2.45) is 0 Å². The van der Waals surface area contributed by atoms with Crippen LogP contribution in [-0.4, -0.2) is 3.97 Å². The molecule has 67 valence electrons. The molecule has 0 aromatic carbocycles. The minimum absolute atomic E-state index is 0. The van der Waals surface area contributed by atoms with Gasteiger partial charge in [-0.25, -0.2) is 0 Å². The normalized spacial score (nSPS) is 27.8. The van der Waals surface area contributed by atoms with Crippen LogP contribution >= 0.6 is 0 Å². The van der Waals surface area contributed by atoms with Crippen molar-refractivity contribution in [1.29, 1.82) is 0 Å². The van der Waals surface area contributed by atoms with Crippen LogP contribution in [0.1, 0.15) is 6.42 Å². The third-order valence-corrected chi connectivity index (χ3v) is 1.59. The van der Waals surface area contributed by atoms with Gasteiger partial charge in [0, 0.05) is 0 Å². The second-order valence-corrected chi connectivity index (χ2v) is 3.46. The van der Waals surface area contributed by atoms with Gasteiger partial charge in [-0.1, -0.05) is 0 Å². The fraction of sp³-hybridized carbons (Fsp3) is 0.333. The molecule has 0 radical (unpaired) electrons. The van der Waals surface area contributed by atoms with Gasteiger partial charge in [0.15, 0.2) is 0 Å². The first-order valence-electron chi connectivity index (χ1n) is 2.68. The molecule has 0 saturated heterocycles. The molecule has 0 aromatic rings. The van der Waals surface area contributed by atoms with Crippen molar-refractivity contribution in [3.05, 3.63) is 23.8 Å². The Bertz CT molecular complexity index is 213. The van der Waals surface area contributed by atoms with Crippen LogP contribution in [0.4, 0.5) is 13.2 Å². The van der Waals surface area contributed by atoms with Gasteiger partial charge in [0.2, 0.25) is 0 Å². The SMILES string of the molecule is FC1=C[C](F)([Ti+2])CC(F)=C1.[Cl-].[Cl-]. The average molecular weight is 252 g/mol. The van der Waals surface area contributed by atoms with Gasteiger partial charge < -0.3 is 24.8 Å². The molecule has 0 aromatic heterocycles. The summed E-state index contributed by atoms with van der Waals surface area (Å²) in [5, 5.41) is 0. The summed E-state index contributed by atoms with van der Waals surface area (Å²) in [4.78, 5) is 0. The van der Waals surface area contributed by atoms with E-state index in [0.29, 0.717) is 6.08 Å². The molecule has 0 fully saturated rings. The Morgan fingerprint density at radius 2 is 1.83 bits per heavy atom. The molecule has 0 bridgehead atoms. The van der Waals surface area contributed by atoms with E-state index in [1.54, 1.807) is 0 Å². The second-order valence-electron chi connectivity index (χ2n) is 2.16. The standard InChI is InChI=1S/C6H4F3.2ClH.Ti/c7-4-1-5(8)3-6(9)2-4;;;/h1-2H,3H2;2*1H;/q;;;+2/p-2. The van der Waals surface area contributed by atoms with Crippen molar-refractivity contribution in [1.82, 2.24) is 0 Å². The van der Waals surface area contributed by atoms with Gasteiger partial charge in [-0.3, -0.25) is 0 Å². The summed E-state index contributed by atoms with van der Waals surface area (Å²) in [5.74, 6) is -1.58. The van der Waals surface area contributed by atoms with Crippen molar-refractivity contribution in [3.63, 3.8) is 0 Å². The molecule has 1 aliphatic carbocycles. The number of rotatable bonds is 0. The van der Waals surface area contributed by atoms with Crippen LogP contribution in [0.5, 0.6) is 0 Å². The van der Waals surface area contributed by atoms with Crippen molar-refractivity contribution < 1.29 is 58.4 Å². The topological polar surface area (TPSA) is 0 Å². The van der Waals surface area contributed by atoms with E-state index in [2.05, 4.69) is 0 Å². The van der Waals surface area contributed by atoms with Crippen LogP contribution in [0.25, 0.3) is 0 Å². The Morgan fingerprint density at radius 1 is 1.33 bits per heavy atom. The Labute approximate surface area is 92.5 Å². The molecule has 1 rings (SSSR count). The number of hydrogen-bond acceptors (Lipinski definition) is 0. The van der Waals surface area contributed by atoms with Gasteiger partial charge in [0.1, 0.15) is 0 Å². The molecule has 0 aliphatic heterocycles. The predicted octanol–water partition coefficient (Wildman–Crippen LogP) is -3.68. The number of halogens is 5. The largest absolute Gasteiger partial charge is 1.00 e. The van der Waals surface area contributed by atoms with Gasteiger partial charge in [-0.2, -0.15) is 0 Å². The smallest absolute Gasteiger partial charge is 1.00 e. The van der Waals surface area contributed by atoms with Crippen LogP contribution in [0.15, 0.2) is 23.8 Å². The molecule has 1 atom stereocenters. The summed E-state index contributed by atoms with van der Waals surface area (Å²) in [6.45, 7) is 0. The van der Waals surface area contributed by atoms with Gasteiger partial charge >= 0.3 is 67.8 Å². The first-order valence-corrected chi connectivity index (χ1v) is 3.46. The first kappa shape index (κ1) is 15.1. The summed E-state index contributed by atoms with van der Waals surface area (Å²) in [6.07, 6.45) is 1.11. The molecular formula is C6H4Cl2F3Ti. The molecule has 0 amide bonds. The summed E-state index contributed by atoms with van der Waals surface area (Å²) >= 11 is 1.14. The van der Waals surface area contributed by atoms with Crippen LogP contribution < -0.4 is 24.8 Å². The maximum Gasteiger partial charge on any atom is -1.00 e. The van der Waals surface area contributed by atoms with E-state index < -0.39 is 15.6 Å². The first-order chi connectivity index (χ1) is 4.49. The molecule has 0 saturated carbocycles. The molecule has 12 heavy (non-hydrogen) atoms. The fourth-order valence-corrected chi connectivity index (χ4v) is 1.24. The minimum Gasteiger partial charge on any atom is -1.00 e. The molecule has 0 N–H and O–H groups in total. The van der Waals surface area contributed by atoms with Gasteiger partial charge in [-0.15, -0.1) is 0 Å². The Kier molecular flexibility index (Phi) is 6.68. The van der Waals surface area contributed by atoms with Crippen molar-refractivity contribution in [3.8, 4) is 0 Å². The summed E-state index contributed by atoms with van der Waals surface area (Å²) in [7, 11) is 0. The Balaban J connectivity index is 0. The summed E-state index contributed by atoms with van der Waals surface area (Å²) in [5.41, 5.74) is 0. The van der Waals surface area contributed by atoms with Crippen LogP contribution in [0.2, 0.25) is 0 Å². The Morgan fingerprint density at radius 3 is 2.17 bits per heavy atom. The maximum absolute atomic E-state index is 12.8. The fourth-order valence-electron chi connectivity index (χ4n) is 0.758. The molecule has 0 heterocycles. The molecule has 0 nitrogen and oxygen atoms in total. The van der Waals surface area contributed by atoms with Crippen molar-refractivity contribution in [2.75, 3.05) is 0 Å². The maximum atomic E-state index is 12.8. The Hall–Kier alpha value is 0.564. The van der Waals surface area contributed by atoms with E-state index in [9.17, 15) is 13.2 Å². The predicted molar refractivity (Wildman–Crippen MR) is 26.8 cm³/mol. The zero-order valence-corrected chi connectivity index (χ0v) is 8.83. The number of hydrogen-bond donors (Lipinski definition) is 0. The zero-order valence-electron chi connectivity index (χ0n) is 5.75. The van der Waals surface area contributed by atoms with Crippen molar-refractivity contribution in [2.45, 2.75) is 10.4 Å². The molecular weight excluding hydrogens is 248 g/mol. The van der Waals surface area contributed by atoms with E-state index in [1.165, 1.54) is 0 Å². The molecule has 1 unspecified atom stereocenters. The number of alkyl halides is 1. The van der Waals surface area contributed by atoms with Gasteiger partial charge in [-0.05, 0) is 0 Å². The number of allylic oxidation sites excluding steroid dienone is 4. The van der Waals surface area contributed by atoms with Gasteiger partial charge in [0.25, 0.3) is 0 Å². The zero-order chi connectivity index (χ0) is 7.78. The van der Waals surface area contributed by atoms with Crippen molar-refractivity contribution >= 4 is 0 Å². The molecule has 0 spiro atoms. The summed E-state index contributed by atoms with van der Waals surface area (Å²) < 4.78 is 35.4. The van der Waals surface area contributed by atoms with E-state index in [-0.39, 0.29) is 31.2 Å². The quantitative estimate of drug-likeness (QED) is 0.389. The average Bonchev–Trinajstić information content (AvgIpc) is 1.54. The third-order valence-electron chi connectivity index (χ3n) is 1.09. The monoisotopic (exact) mass is 251 g/mol. The molecule has 1 aliphatic rings. The van der Waals surface area contributed by atoms with E-state index in [1.807, 2.05) is 0 Å². The molecule has 6 heteroatoms.